The van der Waals surface area contributed by atoms with Crippen LogP contribution in [0.25, 0.3) is 0 Å². The first-order chi connectivity index (χ1) is 7.56. The van der Waals surface area contributed by atoms with Crippen molar-refractivity contribution in [2.75, 3.05) is 0 Å². The summed E-state index contributed by atoms with van der Waals surface area (Å²) < 4.78 is 1.18. The molecule has 2 N–H and O–H groups in total. The largest absolute Gasteiger partial charge is 0.324 e. The van der Waals surface area contributed by atoms with E-state index in [1.165, 1.54) is 21.2 Å². The lowest BCUT2D eigenvalue weighted by Gasteiger charge is -2.13. The third-order valence-electron chi connectivity index (χ3n) is 2.64. The van der Waals surface area contributed by atoms with Crippen molar-refractivity contribution in [1.29, 1.82) is 0 Å². The predicted octanol–water partition coefficient (Wildman–Crippen LogP) is 3.87. The van der Waals surface area contributed by atoms with E-state index in [1.54, 1.807) is 0 Å². The van der Waals surface area contributed by atoms with Gasteiger partial charge < -0.3 is 5.73 Å². The summed E-state index contributed by atoms with van der Waals surface area (Å²) in [4.78, 5) is 0. The fraction of sp³-hybridized carbons (Fsp3) is 0.429. The molecular weight excluding hydrogens is 262 g/mol. The van der Waals surface area contributed by atoms with Crippen LogP contribution in [0.2, 0.25) is 0 Å². The van der Waals surface area contributed by atoms with Crippen LogP contribution in [0.3, 0.4) is 0 Å². The van der Waals surface area contributed by atoms with Crippen molar-refractivity contribution in [2.24, 2.45) is 5.73 Å². The summed E-state index contributed by atoms with van der Waals surface area (Å²) in [5.41, 5.74) is 9.83. The van der Waals surface area contributed by atoms with Gasteiger partial charge in [0.1, 0.15) is 0 Å². The average Bonchev–Trinajstić information content (AvgIpc) is 2.25. The Bertz CT molecular complexity index is 403. The third kappa shape index (κ3) is 3.37. The van der Waals surface area contributed by atoms with Crippen LogP contribution in [-0.2, 0) is 0 Å². The van der Waals surface area contributed by atoms with Crippen LogP contribution in [0.4, 0.5) is 0 Å². The van der Waals surface area contributed by atoms with Crippen molar-refractivity contribution >= 4 is 15.9 Å². The number of nitrogens with two attached hydrogens (primary N) is 1. The highest BCUT2D eigenvalue weighted by molar-refractivity contribution is 9.10. The summed E-state index contributed by atoms with van der Waals surface area (Å²) in [7, 11) is 0. The number of hydrogen-bond acceptors (Lipinski definition) is 1. The van der Waals surface area contributed by atoms with Gasteiger partial charge in [0, 0.05) is 16.9 Å². The molecule has 1 aromatic rings. The van der Waals surface area contributed by atoms with Crippen molar-refractivity contribution in [3.05, 3.63) is 33.3 Å². The van der Waals surface area contributed by atoms with E-state index in [9.17, 15) is 0 Å². The second-order valence-corrected chi connectivity index (χ2v) is 4.83. The van der Waals surface area contributed by atoms with E-state index in [0.29, 0.717) is 0 Å². The molecule has 0 heterocycles. The summed E-state index contributed by atoms with van der Waals surface area (Å²) in [5.74, 6) is 5.94. The lowest BCUT2D eigenvalue weighted by atomic mass is 9.99. The van der Waals surface area contributed by atoms with Gasteiger partial charge in [-0.2, -0.15) is 0 Å². The van der Waals surface area contributed by atoms with Crippen molar-refractivity contribution < 1.29 is 0 Å². The van der Waals surface area contributed by atoms with Crippen LogP contribution in [0.1, 0.15) is 42.5 Å². The number of rotatable bonds is 3. The van der Waals surface area contributed by atoms with E-state index >= 15 is 0 Å². The Balaban J connectivity index is 2.82. The second kappa shape index (κ2) is 6.08. The Morgan fingerprint density at radius 2 is 1.88 bits per heavy atom. The molecule has 0 saturated heterocycles. The average molecular weight is 280 g/mol. The van der Waals surface area contributed by atoms with Crippen LogP contribution in [0.15, 0.2) is 16.6 Å². The van der Waals surface area contributed by atoms with E-state index < -0.39 is 0 Å². The number of aryl methyl sites for hydroxylation is 2. The molecule has 16 heavy (non-hydrogen) atoms. The van der Waals surface area contributed by atoms with Crippen LogP contribution >= 0.6 is 15.9 Å². The zero-order valence-corrected chi connectivity index (χ0v) is 11.7. The van der Waals surface area contributed by atoms with E-state index in [4.69, 9.17) is 5.73 Å². The van der Waals surface area contributed by atoms with Gasteiger partial charge in [0.2, 0.25) is 0 Å². The smallest absolute Gasteiger partial charge is 0.0304 e. The Labute approximate surface area is 107 Å². The van der Waals surface area contributed by atoms with Gasteiger partial charge in [-0.05, 0) is 43.9 Å². The quantitative estimate of drug-likeness (QED) is 0.836. The van der Waals surface area contributed by atoms with Crippen LogP contribution in [0.5, 0.6) is 0 Å². The van der Waals surface area contributed by atoms with Gasteiger partial charge in [-0.3, -0.25) is 0 Å². The van der Waals surface area contributed by atoms with Crippen molar-refractivity contribution in [1.82, 2.24) is 0 Å². The highest BCUT2D eigenvalue weighted by atomic mass is 79.9. The molecule has 0 spiro atoms. The minimum absolute atomic E-state index is 0.0892. The van der Waals surface area contributed by atoms with Crippen LogP contribution < -0.4 is 5.73 Å². The van der Waals surface area contributed by atoms with Gasteiger partial charge in [0.15, 0.2) is 0 Å². The first-order valence-corrected chi connectivity index (χ1v) is 6.27. The Kier molecular flexibility index (Phi) is 5.05. The zero-order valence-electron chi connectivity index (χ0n) is 10.1. The highest BCUT2D eigenvalue weighted by Gasteiger charge is 2.08. The van der Waals surface area contributed by atoms with E-state index in [1.807, 2.05) is 6.92 Å². The molecule has 0 aliphatic rings. The Morgan fingerprint density at radius 1 is 1.31 bits per heavy atom. The standard InChI is InChI=1S/C14H18BrN/c1-4-5-6-7-13(16)12-8-10(2)14(15)11(3)9-12/h8-9,13H,6-7,16H2,1-3H3. The molecular formula is C14H18BrN. The maximum atomic E-state index is 6.14. The molecule has 0 saturated carbocycles. The molecule has 1 unspecified atom stereocenters. The zero-order chi connectivity index (χ0) is 12.1. The summed E-state index contributed by atoms with van der Waals surface area (Å²) in [6, 6.07) is 4.40. The molecule has 1 atom stereocenters. The number of benzene rings is 1. The predicted molar refractivity (Wildman–Crippen MR) is 73.2 cm³/mol. The minimum atomic E-state index is 0.0892. The maximum Gasteiger partial charge on any atom is 0.0304 e. The molecule has 0 fully saturated rings. The fourth-order valence-corrected chi connectivity index (χ4v) is 1.94. The topological polar surface area (TPSA) is 26.0 Å². The van der Waals surface area contributed by atoms with Gasteiger partial charge >= 0.3 is 0 Å². The van der Waals surface area contributed by atoms with E-state index in [2.05, 4.69) is 53.8 Å². The molecule has 0 radical (unpaired) electrons. The van der Waals surface area contributed by atoms with Crippen LogP contribution in [-0.4, -0.2) is 0 Å². The van der Waals surface area contributed by atoms with Gasteiger partial charge in [-0.15, -0.1) is 11.8 Å². The molecule has 1 rings (SSSR count). The van der Waals surface area contributed by atoms with Gasteiger partial charge in [0.25, 0.3) is 0 Å². The Morgan fingerprint density at radius 3 is 2.38 bits per heavy atom. The first kappa shape index (κ1) is 13.3. The molecule has 0 amide bonds. The lowest BCUT2D eigenvalue weighted by molar-refractivity contribution is 0.666. The number of hydrogen-bond donors (Lipinski definition) is 1. The third-order valence-corrected chi connectivity index (χ3v) is 3.89. The highest BCUT2D eigenvalue weighted by Crippen LogP contribution is 2.26. The van der Waals surface area contributed by atoms with Gasteiger partial charge in [-0.25, -0.2) is 0 Å². The van der Waals surface area contributed by atoms with Crippen LogP contribution in [0, 0.1) is 25.7 Å². The van der Waals surface area contributed by atoms with Crippen molar-refractivity contribution in [3.63, 3.8) is 0 Å². The fourth-order valence-electron chi connectivity index (χ4n) is 1.71. The minimum Gasteiger partial charge on any atom is -0.324 e. The summed E-state index contributed by atoms with van der Waals surface area (Å²) in [6.45, 7) is 6.05. The molecule has 0 bridgehead atoms. The molecule has 1 nitrogen and oxygen atoms in total. The van der Waals surface area contributed by atoms with Crippen molar-refractivity contribution in [2.45, 2.75) is 39.7 Å². The summed E-state index contributed by atoms with van der Waals surface area (Å²) in [5, 5.41) is 0. The van der Waals surface area contributed by atoms with Gasteiger partial charge in [-0.1, -0.05) is 28.1 Å². The number of halogens is 1. The van der Waals surface area contributed by atoms with Gasteiger partial charge in [0.05, 0.1) is 0 Å². The lowest BCUT2D eigenvalue weighted by Crippen LogP contribution is -2.10. The monoisotopic (exact) mass is 279 g/mol. The summed E-state index contributed by atoms with van der Waals surface area (Å²) >= 11 is 3.56. The molecule has 0 aliphatic carbocycles. The maximum absolute atomic E-state index is 6.14. The normalized spacial score (nSPS) is 11.8. The molecule has 0 aromatic heterocycles. The summed E-state index contributed by atoms with van der Waals surface area (Å²) in [6.07, 6.45) is 1.78. The van der Waals surface area contributed by atoms with Crippen molar-refractivity contribution in [3.8, 4) is 11.8 Å². The second-order valence-electron chi connectivity index (χ2n) is 4.04. The van der Waals surface area contributed by atoms with E-state index in [-0.39, 0.29) is 6.04 Å². The first-order valence-electron chi connectivity index (χ1n) is 5.48. The molecule has 2 heteroatoms. The molecule has 0 aliphatic heterocycles. The molecule has 1 aromatic carbocycles. The SMILES string of the molecule is CC#CCCC(N)c1cc(C)c(Br)c(C)c1. The van der Waals surface area contributed by atoms with E-state index in [0.717, 1.165) is 12.8 Å². The Hall–Kier alpha value is -0.780. The molecule has 86 valence electrons.